The third-order valence-corrected chi connectivity index (χ3v) is 2.99. The van der Waals surface area contributed by atoms with E-state index in [9.17, 15) is 18.9 Å². The van der Waals surface area contributed by atoms with Gasteiger partial charge in [-0.2, -0.15) is 10.5 Å². The third-order valence-electron chi connectivity index (χ3n) is 2.99. The molecule has 0 spiro atoms. The largest absolute Gasteiger partial charge is 0.353 e. The first-order chi connectivity index (χ1) is 12.0. The molecular weight excluding hydrogens is 336 g/mol. The van der Waals surface area contributed by atoms with Crippen molar-refractivity contribution < 1.29 is 13.7 Å². The molecule has 0 saturated carbocycles. The van der Waals surface area contributed by atoms with Crippen molar-refractivity contribution in [2.45, 2.75) is 0 Å². The summed E-state index contributed by atoms with van der Waals surface area (Å²) in [5.41, 5.74) is -0.877. The minimum absolute atomic E-state index is 0.235. The lowest BCUT2D eigenvalue weighted by atomic mass is 10.3. The fourth-order valence-electron chi connectivity index (χ4n) is 1.96. The summed E-state index contributed by atoms with van der Waals surface area (Å²) in [6, 6.07) is 6.17. The fourth-order valence-corrected chi connectivity index (χ4v) is 1.96. The van der Waals surface area contributed by atoms with E-state index < -0.39 is 22.2 Å². The van der Waals surface area contributed by atoms with Crippen molar-refractivity contribution in [2.24, 2.45) is 0 Å². The number of benzene rings is 1. The molecule has 2 rings (SSSR count). The maximum atomic E-state index is 13.8. The summed E-state index contributed by atoms with van der Waals surface area (Å²) in [4.78, 5) is 19.1. The first-order valence-electron chi connectivity index (χ1n) is 6.68. The number of nitriles is 2. The van der Waals surface area contributed by atoms with Gasteiger partial charge in [-0.05, 0) is 12.1 Å². The van der Waals surface area contributed by atoms with E-state index in [2.05, 4.69) is 15.3 Å². The second-order valence-electron chi connectivity index (χ2n) is 4.57. The number of hydrogen-bond acceptors (Lipinski definition) is 8. The Kier molecular flexibility index (Phi) is 5.32. The summed E-state index contributed by atoms with van der Waals surface area (Å²) in [7, 11) is 0. The van der Waals surface area contributed by atoms with Crippen LogP contribution in [0, 0.1) is 44.4 Å². The highest BCUT2D eigenvalue weighted by atomic mass is 19.1. The van der Waals surface area contributed by atoms with Gasteiger partial charge in [-0.1, -0.05) is 0 Å². The summed E-state index contributed by atoms with van der Waals surface area (Å²) in [6.45, 7) is -0.647. The maximum Gasteiger partial charge on any atom is 0.353 e. The Morgan fingerprint density at radius 1 is 1.24 bits per heavy atom. The topological polar surface area (TPSA) is 132 Å². The highest BCUT2D eigenvalue weighted by Crippen LogP contribution is 2.33. The number of anilines is 3. The van der Waals surface area contributed by atoms with Gasteiger partial charge in [-0.25, -0.2) is 18.7 Å². The molecule has 0 unspecified atom stereocenters. The van der Waals surface area contributed by atoms with Crippen molar-refractivity contribution in [3.63, 3.8) is 0 Å². The second kappa shape index (κ2) is 7.61. The number of aromatic nitrogens is 2. The van der Waals surface area contributed by atoms with Crippen molar-refractivity contribution in [1.29, 1.82) is 10.5 Å². The van der Waals surface area contributed by atoms with E-state index in [-0.39, 0.29) is 30.4 Å². The van der Waals surface area contributed by atoms with Gasteiger partial charge >= 0.3 is 5.69 Å². The summed E-state index contributed by atoms with van der Waals surface area (Å²) < 4.78 is 26.7. The minimum Gasteiger partial charge on any atom is -0.332 e. The number of rotatable bonds is 6. The van der Waals surface area contributed by atoms with E-state index in [1.165, 1.54) is 0 Å². The van der Waals surface area contributed by atoms with Crippen LogP contribution in [0.4, 0.5) is 31.8 Å². The highest BCUT2D eigenvalue weighted by molar-refractivity contribution is 5.74. The van der Waals surface area contributed by atoms with E-state index in [4.69, 9.17) is 10.5 Å². The number of nitrogens with one attached hydrogen (secondary N) is 1. The smallest absolute Gasteiger partial charge is 0.332 e. The number of nitro groups is 1. The molecule has 0 aliphatic rings. The van der Waals surface area contributed by atoms with Crippen LogP contribution in [0.5, 0.6) is 0 Å². The Morgan fingerprint density at radius 2 is 1.92 bits per heavy atom. The SMILES string of the molecule is N#CCN(CC#N)c1ncnc(Nc2ccc(F)cc2F)c1[N+](=O)[O-]. The Morgan fingerprint density at radius 3 is 2.48 bits per heavy atom. The lowest BCUT2D eigenvalue weighted by Gasteiger charge is -2.17. The van der Waals surface area contributed by atoms with Gasteiger partial charge in [0.1, 0.15) is 31.1 Å². The quantitative estimate of drug-likeness (QED) is 0.479. The van der Waals surface area contributed by atoms with Crippen LogP contribution in [0.1, 0.15) is 0 Å². The van der Waals surface area contributed by atoms with E-state index in [0.717, 1.165) is 23.4 Å². The molecule has 0 bridgehead atoms. The van der Waals surface area contributed by atoms with Gasteiger partial charge in [-0.15, -0.1) is 0 Å². The van der Waals surface area contributed by atoms with E-state index in [0.29, 0.717) is 6.07 Å². The van der Waals surface area contributed by atoms with Gasteiger partial charge in [0, 0.05) is 6.07 Å². The first-order valence-corrected chi connectivity index (χ1v) is 6.68. The minimum atomic E-state index is -0.972. The van der Waals surface area contributed by atoms with Gasteiger partial charge in [0.05, 0.1) is 22.7 Å². The summed E-state index contributed by atoms with van der Waals surface area (Å²) >= 11 is 0. The van der Waals surface area contributed by atoms with E-state index in [1.54, 1.807) is 12.1 Å². The monoisotopic (exact) mass is 345 g/mol. The second-order valence-corrected chi connectivity index (χ2v) is 4.57. The van der Waals surface area contributed by atoms with Crippen LogP contribution < -0.4 is 10.2 Å². The molecule has 0 atom stereocenters. The Hall–Kier alpha value is -3.86. The van der Waals surface area contributed by atoms with E-state index in [1.807, 2.05) is 0 Å². The van der Waals surface area contributed by atoms with Crippen LogP contribution in [0.3, 0.4) is 0 Å². The molecule has 11 heteroatoms. The molecule has 1 aromatic heterocycles. The van der Waals surface area contributed by atoms with Gasteiger partial charge in [-0.3, -0.25) is 10.1 Å². The number of hydrogen-bond donors (Lipinski definition) is 1. The van der Waals surface area contributed by atoms with Crippen molar-refractivity contribution in [3.8, 4) is 12.1 Å². The molecular formula is C14H9F2N7O2. The molecule has 0 aliphatic carbocycles. The molecule has 126 valence electrons. The molecule has 2 aromatic rings. The zero-order valence-electron chi connectivity index (χ0n) is 12.5. The molecule has 0 fully saturated rings. The van der Waals surface area contributed by atoms with Crippen molar-refractivity contribution in [1.82, 2.24) is 9.97 Å². The fraction of sp³-hybridized carbons (Fsp3) is 0.143. The standard InChI is InChI=1S/C14H9F2N7O2/c15-9-1-2-11(10(16)7-9)21-13-12(23(24)25)14(20-8-19-13)22(5-3-17)6-4-18/h1-2,7-8H,5-6H2,(H,19,20,21). The molecule has 0 saturated heterocycles. The molecule has 1 aromatic carbocycles. The van der Waals surface area contributed by atoms with Crippen LogP contribution in [0.15, 0.2) is 24.5 Å². The summed E-state index contributed by atoms with van der Waals surface area (Å²) in [5, 5.41) is 31.4. The molecule has 0 amide bonds. The van der Waals surface area contributed by atoms with Gasteiger partial charge in [0.15, 0.2) is 0 Å². The predicted octanol–water partition coefficient (Wildman–Crippen LogP) is 2.26. The molecule has 25 heavy (non-hydrogen) atoms. The summed E-state index contributed by atoms with van der Waals surface area (Å²) in [5.74, 6) is -2.41. The average Bonchev–Trinajstić information content (AvgIpc) is 2.57. The van der Waals surface area contributed by atoms with E-state index >= 15 is 0 Å². The highest BCUT2D eigenvalue weighted by Gasteiger charge is 2.27. The summed E-state index contributed by atoms with van der Waals surface area (Å²) in [6.07, 6.45) is 0.966. The molecule has 1 N–H and O–H groups in total. The molecule has 0 aliphatic heterocycles. The number of halogens is 2. The zero-order chi connectivity index (χ0) is 18.4. The molecule has 1 heterocycles. The van der Waals surface area contributed by atoms with Gasteiger partial charge in [0.2, 0.25) is 11.6 Å². The zero-order valence-corrected chi connectivity index (χ0v) is 12.5. The average molecular weight is 345 g/mol. The predicted molar refractivity (Wildman–Crippen MR) is 81.8 cm³/mol. The van der Waals surface area contributed by atoms with Crippen LogP contribution >= 0.6 is 0 Å². The van der Waals surface area contributed by atoms with Crippen LogP contribution in [-0.4, -0.2) is 28.0 Å². The molecule has 9 nitrogen and oxygen atoms in total. The van der Waals surface area contributed by atoms with Gasteiger partial charge < -0.3 is 10.2 Å². The third kappa shape index (κ3) is 3.92. The van der Waals surface area contributed by atoms with Crippen molar-refractivity contribution in [3.05, 3.63) is 46.3 Å². The van der Waals surface area contributed by atoms with Crippen molar-refractivity contribution >= 4 is 23.0 Å². The van der Waals surface area contributed by atoms with Crippen LogP contribution in [0.2, 0.25) is 0 Å². The number of nitrogens with zero attached hydrogens (tertiary/aromatic N) is 6. The Labute approximate surface area is 139 Å². The van der Waals surface area contributed by atoms with Crippen molar-refractivity contribution in [2.75, 3.05) is 23.3 Å². The van der Waals surface area contributed by atoms with Crippen LogP contribution in [-0.2, 0) is 0 Å². The first kappa shape index (κ1) is 17.5. The lowest BCUT2D eigenvalue weighted by molar-refractivity contribution is -0.383. The molecule has 0 radical (unpaired) electrons. The van der Waals surface area contributed by atoms with Gasteiger partial charge in [0.25, 0.3) is 0 Å². The Bertz CT molecular complexity index is 876. The lowest BCUT2D eigenvalue weighted by Crippen LogP contribution is -2.26. The maximum absolute atomic E-state index is 13.8. The Balaban J connectivity index is 2.52. The van der Waals surface area contributed by atoms with Crippen LogP contribution in [0.25, 0.3) is 0 Å². The normalized spacial score (nSPS) is 9.76.